The molecule has 0 unspecified atom stereocenters. The Morgan fingerprint density at radius 3 is 2.39 bits per heavy atom. The lowest BCUT2D eigenvalue weighted by Gasteiger charge is -2.12. The van der Waals surface area contributed by atoms with Gasteiger partial charge in [0.1, 0.15) is 16.2 Å². The third kappa shape index (κ3) is 2.54. The first-order chi connectivity index (χ1) is 8.37. The van der Waals surface area contributed by atoms with Crippen LogP contribution < -0.4 is 15.2 Å². The molecule has 1 rings (SSSR count). The van der Waals surface area contributed by atoms with Crippen LogP contribution in [0.5, 0.6) is 5.75 Å². The zero-order valence-electron chi connectivity index (χ0n) is 10.2. The van der Waals surface area contributed by atoms with E-state index in [1.165, 1.54) is 27.3 Å². The van der Waals surface area contributed by atoms with Crippen LogP contribution in [0.1, 0.15) is 10.4 Å². The molecule has 0 aliphatic heterocycles. The van der Waals surface area contributed by atoms with Crippen molar-refractivity contribution in [2.45, 2.75) is 4.90 Å². The van der Waals surface area contributed by atoms with Gasteiger partial charge in [0.25, 0.3) is 0 Å². The van der Waals surface area contributed by atoms with Gasteiger partial charge in [-0.3, -0.25) is 0 Å². The van der Waals surface area contributed by atoms with Crippen molar-refractivity contribution in [1.82, 2.24) is 4.72 Å². The van der Waals surface area contributed by atoms with Crippen LogP contribution in [0.2, 0.25) is 0 Å². The molecule has 8 heteroatoms. The highest BCUT2D eigenvalue weighted by atomic mass is 32.2. The summed E-state index contributed by atoms with van der Waals surface area (Å²) in [5.41, 5.74) is 5.59. The molecule has 0 bridgehead atoms. The summed E-state index contributed by atoms with van der Waals surface area (Å²) in [5, 5.41) is 0. The Morgan fingerprint density at radius 1 is 1.33 bits per heavy atom. The summed E-state index contributed by atoms with van der Waals surface area (Å²) >= 11 is 0. The predicted molar refractivity (Wildman–Crippen MR) is 65.0 cm³/mol. The first kappa shape index (κ1) is 14.3. The Labute approximate surface area is 105 Å². The number of carbonyl (C=O) groups is 1. The summed E-state index contributed by atoms with van der Waals surface area (Å²) in [5.74, 6) is -0.561. The predicted octanol–water partition coefficient (Wildman–Crippen LogP) is -0.0279. The highest BCUT2D eigenvalue weighted by Gasteiger charge is 2.22. The minimum absolute atomic E-state index is 0.0111. The molecule has 0 amide bonds. The lowest BCUT2D eigenvalue weighted by molar-refractivity contribution is 0.0597. The van der Waals surface area contributed by atoms with E-state index in [0.29, 0.717) is 0 Å². The Hall–Kier alpha value is -1.80. The van der Waals surface area contributed by atoms with Gasteiger partial charge in [0, 0.05) is 6.07 Å². The summed E-state index contributed by atoms with van der Waals surface area (Å²) in [4.78, 5) is 11.3. The second kappa shape index (κ2) is 5.23. The van der Waals surface area contributed by atoms with Crippen molar-refractivity contribution in [1.29, 1.82) is 0 Å². The molecule has 0 aliphatic carbocycles. The number of esters is 1. The monoisotopic (exact) mass is 274 g/mol. The van der Waals surface area contributed by atoms with Crippen molar-refractivity contribution in [3.63, 3.8) is 0 Å². The van der Waals surface area contributed by atoms with Gasteiger partial charge in [-0.15, -0.1) is 0 Å². The summed E-state index contributed by atoms with van der Waals surface area (Å²) in [6, 6.07) is 2.38. The summed E-state index contributed by atoms with van der Waals surface area (Å²) in [6.07, 6.45) is 0. The molecule has 100 valence electrons. The van der Waals surface area contributed by atoms with Crippen LogP contribution in [-0.2, 0) is 14.8 Å². The molecule has 0 atom stereocenters. The van der Waals surface area contributed by atoms with Crippen molar-refractivity contribution in [3.05, 3.63) is 17.7 Å². The Kier molecular flexibility index (Phi) is 4.15. The number of nitrogens with one attached hydrogen (secondary N) is 1. The number of hydrogen-bond acceptors (Lipinski definition) is 6. The first-order valence-electron chi connectivity index (χ1n) is 4.86. The number of hydrogen-bond donors (Lipinski definition) is 2. The zero-order chi connectivity index (χ0) is 13.9. The summed E-state index contributed by atoms with van der Waals surface area (Å²) in [6.45, 7) is 0. The summed E-state index contributed by atoms with van der Waals surface area (Å²) < 4.78 is 35.0. The molecule has 0 fully saturated rings. The van der Waals surface area contributed by atoms with E-state index in [0.717, 1.165) is 6.07 Å². The molecule has 3 N–H and O–H groups in total. The molecule has 0 saturated heterocycles. The van der Waals surface area contributed by atoms with Crippen molar-refractivity contribution in [3.8, 4) is 5.75 Å². The zero-order valence-corrected chi connectivity index (χ0v) is 11.0. The van der Waals surface area contributed by atoms with Crippen LogP contribution >= 0.6 is 0 Å². The van der Waals surface area contributed by atoms with Gasteiger partial charge < -0.3 is 15.2 Å². The number of methoxy groups -OCH3 is 2. The minimum Gasteiger partial charge on any atom is -0.496 e. The van der Waals surface area contributed by atoms with Gasteiger partial charge in [-0.25, -0.2) is 17.9 Å². The lowest BCUT2D eigenvalue weighted by Crippen LogP contribution is -2.21. The van der Waals surface area contributed by atoms with Gasteiger partial charge in [0.2, 0.25) is 10.0 Å². The van der Waals surface area contributed by atoms with Crippen molar-refractivity contribution >= 4 is 21.7 Å². The van der Waals surface area contributed by atoms with E-state index < -0.39 is 16.0 Å². The second-order valence-electron chi connectivity index (χ2n) is 3.29. The molecule has 1 aromatic rings. The van der Waals surface area contributed by atoms with Crippen LogP contribution in [0.15, 0.2) is 17.0 Å². The number of benzene rings is 1. The van der Waals surface area contributed by atoms with Gasteiger partial charge in [-0.2, -0.15) is 0 Å². The average molecular weight is 274 g/mol. The van der Waals surface area contributed by atoms with Crippen LogP contribution in [0.25, 0.3) is 0 Å². The molecule has 7 nitrogen and oxygen atoms in total. The van der Waals surface area contributed by atoms with E-state index >= 15 is 0 Å². The van der Waals surface area contributed by atoms with Gasteiger partial charge in [-0.1, -0.05) is 0 Å². The van der Waals surface area contributed by atoms with E-state index in [1.807, 2.05) is 0 Å². The molecule has 0 heterocycles. The van der Waals surface area contributed by atoms with Crippen LogP contribution in [0.3, 0.4) is 0 Å². The normalized spacial score (nSPS) is 11.1. The largest absolute Gasteiger partial charge is 0.496 e. The molecule has 0 aliphatic rings. The number of sulfonamides is 1. The van der Waals surface area contributed by atoms with Gasteiger partial charge in [-0.05, 0) is 13.1 Å². The first-order valence-corrected chi connectivity index (χ1v) is 6.35. The number of anilines is 1. The molecule has 0 saturated carbocycles. The SMILES string of the molecule is CNS(=O)(=O)c1cc(C(=O)OC)c(OC)cc1N. The topological polar surface area (TPSA) is 108 Å². The smallest absolute Gasteiger partial charge is 0.341 e. The van der Waals surface area contributed by atoms with Crippen molar-refractivity contribution < 1.29 is 22.7 Å². The second-order valence-corrected chi connectivity index (χ2v) is 5.14. The number of nitrogens with two attached hydrogens (primary N) is 1. The summed E-state index contributed by atoms with van der Waals surface area (Å²) in [7, 11) is 0.0161. The lowest BCUT2D eigenvalue weighted by atomic mass is 10.2. The minimum atomic E-state index is -3.76. The molecular weight excluding hydrogens is 260 g/mol. The maximum absolute atomic E-state index is 11.7. The van der Waals surface area contributed by atoms with Crippen LogP contribution in [0, 0.1) is 0 Å². The number of carbonyl (C=O) groups excluding carboxylic acids is 1. The highest BCUT2D eigenvalue weighted by molar-refractivity contribution is 7.89. The quantitative estimate of drug-likeness (QED) is 0.589. The fraction of sp³-hybridized carbons (Fsp3) is 0.300. The Morgan fingerprint density at radius 2 is 1.94 bits per heavy atom. The van der Waals surface area contributed by atoms with E-state index in [2.05, 4.69) is 9.46 Å². The average Bonchev–Trinajstić information content (AvgIpc) is 2.37. The third-order valence-corrected chi connectivity index (χ3v) is 3.77. The highest BCUT2D eigenvalue weighted by Crippen LogP contribution is 2.28. The van der Waals surface area contributed by atoms with Crippen molar-refractivity contribution in [2.75, 3.05) is 27.0 Å². The fourth-order valence-corrected chi connectivity index (χ4v) is 2.22. The number of ether oxygens (including phenoxy) is 2. The van der Waals surface area contributed by atoms with Gasteiger partial charge >= 0.3 is 5.97 Å². The Balaban J connectivity index is 3.54. The van der Waals surface area contributed by atoms with Crippen LogP contribution in [-0.4, -0.2) is 35.7 Å². The molecule has 0 radical (unpaired) electrons. The fourth-order valence-electron chi connectivity index (χ4n) is 1.36. The number of nitrogen functional groups attached to an aromatic ring is 1. The van der Waals surface area contributed by atoms with E-state index in [9.17, 15) is 13.2 Å². The van der Waals surface area contributed by atoms with E-state index in [4.69, 9.17) is 10.5 Å². The molecule has 0 aromatic heterocycles. The molecule has 1 aromatic carbocycles. The molecular formula is C10H14N2O5S. The Bertz CT molecular complexity index is 568. The molecule has 18 heavy (non-hydrogen) atoms. The van der Waals surface area contributed by atoms with Crippen molar-refractivity contribution in [2.24, 2.45) is 0 Å². The number of rotatable bonds is 4. The maximum Gasteiger partial charge on any atom is 0.341 e. The van der Waals surface area contributed by atoms with E-state index in [1.54, 1.807) is 0 Å². The van der Waals surface area contributed by atoms with Gasteiger partial charge in [0.05, 0.1) is 19.9 Å². The maximum atomic E-state index is 11.7. The standard InChI is InChI=1S/C10H14N2O5S/c1-12-18(14,15)9-4-6(10(13)17-3)8(16-2)5-7(9)11/h4-5,12H,11H2,1-3H3. The van der Waals surface area contributed by atoms with Gasteiger partial charge in [0.15, 0.2) is 0 Å². The molecule has 0 spiro atoms. The third-order valence-electron chi connectivity index (χ3n) is 2.30. The van der Waals surface area contributed by atoms with E-state index in [-0.39, 0.29) is 21.9 Å². The van der Waals surface area contributed by atoms with Crippen LogP contribution in [0.4, 0.5) is 5.69 Å².